The quantitative estimate of drug-likeness (QED) is 0.494. The first-order valence-corrected chi connectivity index (χ1v) is 7.37. The molecule has 8 nitrogen and oxygen atoms in total. The number of hydrogen-bond acceptors (Lipinski definition) is 6. The first-order chi connectivity index (χ1) is 11.3. The molecule has 1 aliphatic rings. The van der Waals surface area contributed by atoms with Gasteiger partial charge in [-0.1, -0.05) is 18.2 Å². The second kappa shape index (κ2) is 7.03. The van der Waals surface area contributed by atoms with Crippen LogP contribution in [-0.2, 0) is 0 Å². The monoisotopic (exact) mass is 330 g/mol. The Bertz CT molecular complexity index is 767. The first-order valence-electron chi connectivity index (χ1n) is 7.37. The maximum absolute atomic E-state index is 11.1. The van der Waals surface area contributed by atoms with Gasteiger partial charge in [-0.15, -0.1) is 0 Å². The van der Waals surface area contributed by atoms with E-state index in [-0.39, 0.29) is 17.1 Å². The van der Waals surface area contributed by atoms with Crippen molar-refractivity contribution in [2.45, 2.75) is 26.7 Å². The van der Waals surface area contributed by atoms with Crippen molar-refractivity contribution in [3.63, 3.8) is 0 Å². The average molecular weight is 330 g/mol. The summed E-state index contributed by atoms with van der Waals surface area (Å²) in [7, 11) is 0. The number of benzene rings is 1. The number of nitro benzene ring substituents is 2. The van der Waals surface area contributed by atoms with Gasteiger partial charge in [-0.25, -0.2) is 0 Å². The largest absolute Gasteiger partial charge is 0.301 e. The normalized spacial score (nSPS) is 18.8. The van der Waals surface area contributed by atoms with E-state index < -0.39 is 9.85 Å². The van der Waals surface area contributed by atoms with E-state index in [1.807, 2.05) is 13.8 Å². The SMILES string of the molecule is C=C(C)[C@H]1CC=C(C)C(=NNc2ccc([N+](=O)[O-])cc2[N+](=O)[O-])C1. The van der Waals surface area contributed by atoms with Crippen molar-refractivity contribution in [2.75, 3.05) is 5.43 Å². The van der Waals surface area contributed by atoms with Crippen molar-refractivity contribution >= 4 is 22.8 Å². The summed E-state index contributed by atoms with van der Waals surface area (Å²) in [5.74, 6) is 0.293. The Kier molecular flexibility index (Phi) is 5.08. The number of allylic oxidation sites excluding steroid dienone is 3. The molecule has 1 aliphatic carbocycles. The minimum atomic E-state index is -0.672. The Hall–Kier alpha value is -3.03. The molecule has 0 spiro atoms. The predicted octanol–water partition coefficient (Wildman–Crippen LogP) is 4.20. The maximum Gasteiger partial charge on any atom is 0.301 e. The van der Waals surface area contributed by atoms with Gasteiger partial charge in [0.2, 0.25) is 0 Å². The second-order valence-electron chi connectivity index (χ2n) is 5.76. The van der Waals surface area contributed by atoms with Crippen LogP contribution in [0.3, 0.4) is 0 Å². The Morgan fingerprint density at radius 2 is 2.04 bits per heavy atom. The highest BCUT2D eigenvalue weighted by molar-refractivity contribution is 6.01. The van der Waals surface area contributed by atoms with Gasteiger partial charge in [0, 0.05) is 6.07 Å². The van der Waals surface area contributed by atoms with Gasteiger partial charge in [0.1, 0.15) is 5.69 Å². The van der Waals surface area contributed by atoms with Gasteiger partial charge >= 0.3 is 5.69 Å². The number of nitrogens with one attached hydrogen (secondary N) is 1. The minimum absolute atomic E-state index is 0.114. The number of nitrogens with zero attached hydrogens (tertiary/aromatic N) is 3. The summed E-state index contributed by atoms with van der Waals surface area (Å²) in [6.07, 6.45) is 3.66. The van der Waals surface area contributed by atoms with E-state index in [4.69, 9.17) is 0 Å². The van der Waals surface area contributed by atoms with Gasteiger partial charge in [0.15, 0.2) is 0 Å². The lowest BCUT2D eigenvalue weighted by molar-refractivity contribution is -0.393. The molecule has 0 aromatic heterocycles. The average Bonchev–Trinajstić information content (AvgIpc) is 2.53. The molecule has 1 N–H and O–H groups in total. The summed E-state index contributed by atoms with van der Waals surface area (Å²) >= 11 is 0. The van der Waals surface area contributed by atoms with Gasteiger partial charge < -0.3 is 0 Å². The zero-order chi connectivity index (χ0) is 17.9. The fraction of sp³-hybridized carbons (Fsp3) is 0.312. The molecule has 0 aliphatic heterocycles. The Morgan fingerprint density at radius 3 is 2.62 bits per heavy atom. The Balaban J connectivity index is 2.29. The summed E-state index contributed by atoms with van der Waals surface area (Å²) in [4.78, 5) is 20.5. The maximum atomic E-state index is 11.1. The molecule has 0 fully saturated rings. The van der Waals surface area contributed by atoms with Crippen molar-refractivity contribution in [2.24, 2.45) is 11.0 Å². The van der Waals surface area contributed by atoms with E-state index >= 15 is 0 Å². The topological polar surface area (TPSA) is 111 Å². The highest BCUT2D eigenvalue weighted by atomic mass is 16.6. The fourth-order valence-electron chi connectivity index (χ4n) is 2.43. The van der Waals surface area contributed by atoms with Gasteiger partial charge in [0.05, 0.1) is 21.6 Å². The number of non-ortho nitro benzene ring substituents is 1. The van der Waals surface area contributed by atoms with Gasteiger partial charge in [0.25, 0.3) is 5.69 Å². The summed E-state index contributed by atoms with van der Waals surface area (Å²) in [6.45, 7) is 7.86. The zero-order valence-corrected chi connectivity index (χ0v) is 13.5. The Labute approximate surface area is 138 Å². The summed E-state index contributed by atoms with van der Waals surface area (Å²) in [5.41, 5.74) is 4.92. The number of nitro groups is 2. The number of hydrogen-bond donors (Lipinski definition) is 1. The van der Waals surface area contributed by atoms with Crippen LogP contribution in [0.15, 0.2) is 47.1 Å². The molecule has 0 bridgehead atoms. The molecule has 0 saturated heterocycles. The number of rotatable bonds is 5. The standard InChI is InChI=1S/C16H18N4O4/c1-10(2)12-5-4-11(3)15(8-12)18-17-14-7-6-13(19(21)22)9-16(14)20(23)24/h4,6-7,9,12,17H,1,5,8H2,2-3H3/t12-/m0/s1. The van der Waals surface area contributed by atoms with Crippen molar-refractivity contribution in [1.82, 2.24) is 0 Å². The van der Waals surface area contributed by atoms with Crippen molar-refractivity contribution < 1.29 is 9.85 Å². The van der Waals surface area contributed by atoms with E-state index in [0.717, 1.165) is 29.3 Å². The van der Waals surface area contributed by atoms with Crippen LogP contribution >= 0.6 is 0 Å². The molecule has 126 valence electrons. The smallest absolute Gasteiger partial charge is 0.271 e. The molecule has 2 rings (SSSR count). The fourth-order valence-corrected chi connectivity index (χ4v) is 2.43. The van der Waals surface area contributed by atoms with Gasteiger partial charge in [-0.05, 0) is 44.2 Å². The van der Waals surface area contributed by atoms with E-state index in [1.165, 1.54) is 12.1 Å². The number of hydrazone groups is 1. The van der Waals surface area contributed by atoms with E-state index in [2.05, 4.69) is 23.2 Å². The molecule has 0 unspecified atom stereocenters. The molecular formula is C16H18N4O4. The molecule has 0 radical (unpaired) electrons. The summed E-state index contributed by atoms with van der Waals surface area (Å²) < 4.78 is 0. The van der Waals surface area contributed by atoms with Crippen LogP contribution < -0.4 is 5.43 Å². The molecular weight excluding hydrogens is 312 g/mol. The molecule has 8 heteroatoms. The third kappa shape index (κ3) is 3.83. The van der Waals surface area contributed by atoms with Crippen molar-refractivity contribution in [3.05, 3.63) is 62.2 Å². The lowest BCUT2D eigenvalue weighted by Crippen LogP contribution is -2.16. The van der Waals surface area contributed by atoms with Crippen LogP contribution in [0.4, 0.5) is 17.1 Å². The van der Waals surface area contributed by atoms with E-state index in [1.54, 1.807) is 0 Å². The second-order valence-corrected chi connectivity index (χ2v) is 5.76. The van der Waals surface area contributed by atoms with Gasteiger partial charge in [-0.3, -0.25) is 25.7 Å². The lowest BCUT2D eigenvalue weighted by Gasteiger charge is -2.22. The summed E-state index contributed by atoms with van der Waals surface area (Å²) in [6, 6.07) is 3.41. The van der Waals surface area contributed by atoms with E-state index in [0.29, 0.717) is 12.3 Å². The number of anilines is 1. The van der Waals surface area contributed by atoms with Crippen LogP contribution in [0.2, 0.25) is 0 Å². The van der Waals surface area contributed by atoms with Crippen molar-refractivity contribution in [3.8, 4) is 0 Å². The van der Waals surface area contributed by atoms with Gasteiger partial charge in [-0.2, -0.15) is 5.10 Å². The molecule has 0 amide bonds. The lowest BCUT2D eigenvalue weighted by atomic mass is 9.85. The highest BCUT2D eigenvalue weighted by Gasteiger charge is 2.21. The zero-order valence-electron chi connectivity index (χ0n) is 13.5. The third-order valence-corrected chi connectivity index (χ3v) is 4.00. The van der Waals surface area contributed by atoms with Crippen LogP contribution in [0.25, 0.3) is 0 Å². The van der Waals surface area contributed by atoms with E-state index in [9.17, 15) is 20.2 Å². The molecule has 1 aromatic carbocycles. The highest BCUT2D eigenvalue weighted by Crippen LogP contribution is 2.30. The molecule has 1 aromatic rings. The van der Waals surface area contributed by atoms with Crippen LogP contribution in [0.5, 0.6) is 0 Å². The third-order valence-electron chi connectivity index (χ3n) is 4.00. The molecule has 0 heterocycles. The van der Waals surface area contributed by atoms with Crippen LogP contribution in [0.1, 0.15) is 26.7 Å². The predicted molar refractivity (Wildman–Crippen MR) is 92.1 cm³/mol. The first kappa shape index (κ1) is 17.3. The Morgan fingerprint density at radius 1 is 1.33 bits per heavy atom. The molecule has 0 saturated carbocycles. The molecule has 24 heavy (non-hydrogen) atoms. The molecule has 1 atom stereocenters. The van der Waals surface area contributed by atoms with Crippen LogP contribution in [0, 0.1) is 26.1 Å². The van der Waals surface area contributed by atoms with Crippen molar-refractivity contribution in [1.29, 1.82) is 0 Å². The van der Waals surface area contributed by atoms with Crippen LogP contribution in [-0.4, -0.2) is 15.6 Å². The summed E-state index contributed by atoms with van der Waals surface area (Å²) in [5, 5.41) is 26.1. The minimum Gasteiger partial charge on any atom is -0.271 e.